The van der Waals surface area contributed by atoms with Crippen LogP contribution in [0.25, 0.3) is 11.2 Å². The van der Waals surface area contributed by atoms with Crippen LogP contribution in [-0.2, 0) is 17.5 Å². The maximum absolute atomic E-state index is 13.4. The molecular formula is C22H22F5N7O. The quantitative estimate of drug-likeness (QED) is 0.513. The number of pyridine rings is 1. The first-order valence-corrected chi connectivity index (χ1v) is 11.3. The van der Waals surface area contributed by atoms with E-state index in [-0.39, 0.29) is 17.5 Å². The smallest absolute Gasteiger partial charge is 0.354 e. The Morgan fingerprint density at radius 2 is 1.86 bits per heavy atom. The van der Waals surface area contributed by atoms with Crippen molar-refractivity contribution in [3.8, 4) is 0 Å². The first-order chi connectivity index (χ1) is 16.7. The Morgan fingerprint density at radius 1 is 1.03 bits per heavy atom. The Bertz CT molecular complexity index is 1210. The summed E-state index contributed by atoms with van der Waals surface area (Å²) in [5.74, 6) is 0.0871. The van der Waals surface area contributed by atoms with Crippen molar-refractivity contribution in [2.45, 2.75) is 38.4 Å². The van der Waals surface area contributed by atoms with Gasteiger partial charge in [-0.2, -0.15) is 18.3 Å². The normalized spacial score (nSPS) is 21.5. The standard InChI is InChI=1S/C22H22F5N7O/c23-18(24)12-34-20-16(8-30-34)28-9-19(31-20)32-10-13-1-2-14(11-32)21(35)33(6-5-13)15-3-4-17(29-7-15)22(25,26)27/h3-4,7-9,13-14,18H,1-2,5-6,10-12H2. The summed E-state index contributed by atoms with van der Waals surface area (Å²) in [7, 11) is 0. The maximum atomic E-state index is 13.4. The molecule has 35 heavy (non-hydrogen) atoms. The van der Waals surface area contributed by atoms with Gasteiger partial charge in [-0.3, -0.25) is 4.79 Å². The van der Waals surface area contributed by atoms with Gasteiger partial charge in [0.05, 0.1) is 30.2 Å². The molecule has 0 spiro atoms. The fourth-order valence-electron chi connectivity index (χ4n) is 4.76. The van der Waals surface area contributed by atoms with Gasteiger partial charge >= 0.3 is 6.18 Å². The lowest BCUT2D eigenvalue weighted by molar-refractivity contribution is -0.141. The third-order valence-corrected chi connectivity index (χ3v) is 6.54. The molecule has 3 aromatic rings. The average molecular weight is 495 g/mol. The number of carbonyl (C=O) groups excluding carboxylic acids is 1. The number of nitrogens with zero attached hydrogens (tertiary/aromatic N) is 7. The highest BCUT2D eigenvalue weighted by Crippen LogP contribution is 2.33. The van der Waals surface area contributed by atoms with E-state index in [9.17, 15) is 26.7 Å². The van der Waals surface area contributed by atoms with E-state index < -0.39 is 30.8 Å². The van der Waals surface area contributed by atoms with Crippen LogP contribution in [0.4, 0.5) is 33.5 Å². The third kappa shape index (κ3) is 4.76. The first kappa shape index (κ1) is 23.4. The van der Waals surface area contributed by atoms with E-state index in [2.05, 4.69) is 20.1 Å². The minimum atomic E-state index is -4.55. The molecular weight excluding hydrogens is 473 g/mol. The average Bonchev–Trinajstić information content (AvgIpc) is 3.09. The molecule has 13 heteroatoms. The van der Waals surface area contributed by atoms with Gasteiger partial charge in [0.25, 0.3) is 6.43 Å². The van der Waals surface area contributed by atoms with Crippen molar-refractivity contribution in [3.63, 3.8) is 0 Å². The molecule has 1 amide bonds. The van der Waals surface area contributed by atoms with Crippen LogP contribution < -0.4 is 9.80 Å². The molecule has 5 rings (SSSR count). The van der Waals surface area contributed by atoms with Crippen molar-refractivity contribution in [2.24, 2.45) is 11.8 Å². The number of halogens is 5. The van der Waals surface area contributed by atoms with Gasteiger partial charge in [0.2, 0.25) is 5.91 Å². The second-order valence-corrected chi connectivity index (χ2v) is 8.88. The van der Waals surface area contributed by atoms with Crippen molar-refractivity contribution in [1.82, 2.24) is 24.7 Å². The van der Waals surface area contributed by atoms with E-state index in [1.807, 2.05) is 4.90 Å². The summed E-state index contributed by atoms with van der Waals surface area (Å²) in [6.07, 6.45) is -1.01. The molecule has 2 atom stereocenters. The molecule has 0 aromatic carbocycles. The van der Waals surface area contributed by atoms with E-state index in [1.165, 1.54) is 17.2 Å². The van der Waals surface area contributed by atoms with Crippen LogP contribution in [0.15, 0.2) is 30.7 Å². The second-order valence-electron chi connectivity index (χ2n) is 8.88. The van der Waals surface area contributed by atoms with Crippen molar-refractivity contribution >= 4 is 28.6 Å². The summed E-state index contributed by atoms with van der Waals surface area (Å²) in [5.41, 5.74) is -0.0255. The van der Waals surface area contributed by atoms with Crippen LogP contribution in [0.2, 0.25) is 0 Å². The summed E-state index contributed by atoms with van der Waals surface area (Å²) < 4.78 is 65.6. The number of fused-ring (bicyclic) bond motifs is 4. The Kier molecular flexibility index (Phi) is 6.01. The second kappa shape index (κ2) is 9.00. The van der Waals surface area contributed by atoms with Crippen LogP contribution in [-0.4, -0.2) is 56.7 Å². The molecule has 2 aliphatic rings. The number of carbonyl (C=O) groups is 1. The number of hydrogen-bond acceptors (Lipinski definition) is 6. The molecule has 2 aliphatic heterocycles. The first-order valence-electron chi connectivity index (χ1n) is 11.3. The minimum Gasteiger partial charge on any atom is -0.354 e. The highest BCUT2D eigenvalue weighted by molar-refractivity contribution is 5.95. The van der Waals surface area contributed by atoms with E-state index in [1.54, 1.807) is 6.20 Å². The molecule has 2 saturated heterocycles. The number of hydrogen-bond donors (Lipinski definition) is 0. The lowest BCUT2D eigenvalue weighted by Gasteiger charge is -2.29. The van der Waals surface area contributed by atoms with Gasteiger partial charge in [-0.15, -0.1) is 0 Å². The Morgan fingerprint density at radius 3 is 2.57 bits per heavy atom. The zero-order chi connectivity index (χ0) is 24.7. The van der Waals surface area contributed by atoms with E-state index in [4.69, 9.17) is 0 Å². The number of rotatable bonds is 4. The lowest BCUT2D eigenvalue weighted by Crippen LogP contribution is -2.41. The number of aromatic nitrogens is 5. The van der Waals surface area contributed by atoms with Gasteiger partial charge in [-0.25, -0.2) is 28.4 Å². The van der Waals surface area contributed by atoms with Gasteiger partial charge < -0.3 is 9.80 Å². The summed E-state index contributed by atoms with van der Waals surface area (Å²) in [6.45, 7) is 0.712. The van der Waals surface area contributed by atoms with Gasteiger partial charge in [0.1, 0.15) is 23.6 Å². The van der Waals surface area contributed by atoms with Crippen LogP contribution in [0, 0.1) is 11.8 Å². The topological polar surface area (TPSA) is 80.0 Å². The van der Waals surface area contributed by atoms with Gasteiger partial charge in [0, 0.05) is 19.6 Å². The molecule has 3 aromatic heterocycles. The predicted molar refractivity (Wildman–Crippen MR) is 116 cm³/mol. The Balaban J connectivity index is 1.41. The summed E-state index contributed by atoms with van der Waals surface area (Å²) in [4.78, 5) is 29.2. The predicted octanol–water partition coefficient (Wildman–Crippen LogP) is 3.77. The number of anilines is 2. The molecule has 8 nitrogen and oxygen atoms in total. The molecule has 2 fully saturated rings. The van der Waals surface area contributed by atoms with Gasteiger partial charge in [-0.1, -0.05) is 0 Å². The van der Waals surface area contributed by atoms with E-state index in [0.717, 1.165) is 23.4 Å². The van der Waals surface area contributed by atoms with Crippen LogP contribution in [0.5, 0.6) is 0 Å². The molecule has 2 unspecified atom stereocenters. The van der Waals surface area contributed by atoms with Crippen molar-refractivity contribution < 1.29 is 26.7 Å². The van der Waals surface area contributed by atoms with Gasteiger partial charge in [-0.05, 0) is 37.3 Å². The fourth-order valence-corrected chi connectivity index (χ4v) is 4.76. The molecule has 0 aliphatic carbocycles. The highest BCUT2D eigenvalue weighted by Gasteiger charge is 2.36. The zero-order valence-corrected chi connectivity index (χ0v) is 18.5. The van der Waals surface area contributed by atoms with Crippen molar-refractivity contribution in [1.29, 1.82) is 0 Å². The molecule has 2 bridgehead atoms. The number of alkyl halides is 5. The van der Waals surface area contributed by atoms with Crippen molar-refractivity contribution in [2.75, 3.05) is 29.4 Å². The summed E-state index contributed by atoms with van der Waals surface area (Å²) in [5, 5.41) is 3.95. The Hall–Kier alpha value is -3.38. The van der Waals surface area contributed by atoms with Crippen molar-refractivity contribution in [3.05, 3.63) is 36.4 Å². The van der Waals surface area contributed by atoms with Gasteiger partial charge in [0.15, 0.2) is 5.65 Å². The van der Waals surface area contributed by atoms with Crippen LogP contribution in [0.1, 0.15) is 25.0 Å². The fraction of sp³-hybridized carbons (Fsp3) is 0.500. The lowest BCUT2D eigenvalue weighted by atomic mass is 9.92. The number of amides is 1. The largest absolute Gasteiger partial charge is 0.433 e. The third-order valence-electron chi connectivity index (χ3n) is 6.54. The molecule has 5 heterocycles. The summed E-state index contributed by atoms with van der Waals surface area (Å²) in [6, 6.07) is 2.16. The van der Waals surface area contributed by atoms with Crippen LogP contribution in [0.3, 0.4) is 0 Å². The monoisotopic (exact) mass is 495 g/mol. The van der Waals surface area contributed by atoms with Crippen LogP contribution >= 0.6 is 0 Å². The molecule has 0 radical (unpaired) electrons. The van der Waals surface area contributed by atoms with E-state index >= 15 is 0 Å². The summed E-state index contributed by atoms with van der Waals surface area (Å²) >= 11 is 0. The zero-order valence-electron chi connectivity index (χ0n) is 18.5. The molecule has 186 valence electrons. The molecule has 0 N–H and O–H groups in total. The van der Waals surface area contributed by atoms with E-state index in [0.29, 0.717) is 49.5 Å². The highest BCUT2D eigenvalue weighted by atomic mass is 19.4. The Labute approximate surface area is 196 Å². The SMILES string of the molecule is O=C1C2CCC(CCN1c1ccc(C(F)(F)F)nc1)CN(c1cnc3cnn(CC(F)F)c3n1)C2. The minimum absolute atomic E-state index is 0.186. The maximum Gasteiger partial charge on any atom is 0.433 e. The molecule has 0 saturated carbocycles.